The summed E-state index contributed by atoms with van der Waals surface area (Å²) >= 11 is 0. The van der Waals surface area contributed by atoms with Gasteiger partial charge >= 0.3 is 0 Å². The average molecular weight is 1890 g/mol. The number of hydrogen-bond donors (Lipinski definition) is 24. The lowest BCUT2D eigenvalue weighted by Crippen LogP contribution is -2.71. The van der Waals surface area contributed by atoms with Gasteiger partial charge in [0.2, 0.25) is 0 Å². The minimum absolute atomic E-state index is 0.0861. The summed E-state index contributed by atoms with van der Waals surface area (Å²) in [6, 6.07) is 0. The maximum atomic E-state index is 12.7. The van der Waals surface area contributed by atoms with Crippen molar-refractivity contribution >= 4 is 0 Å². The van der Waals surface area contributed by atoms with Crippen molar-refractivity contribution in [3.8, 4) is 0 Å². The van der Waals surface area contributed by atoms with E-state index < -0.39 is 286 Å². The van der Waals surface area contributed by atoms with Gasteiger partial charge in [-0.25, -0.2) is 0 Å². The number of rotatable bonds is 25. The van der Waals surface area contributed by atoms with E-state index in [2.05, 4.69) is 67.5 Å². The molecule has 51 atom stereocenters. The molecule has 0 aromatic carbocycles. The highest BCUT2D eigenvalue weighted by Gasteiger charge is 2.77. The summed E-state index contributed by atoms with van der Waals surface area (Å²) in [5, 5.41) is 261. The van der Waals surface area contributed by atoms with E-state index in [0.29, 0.717) is 77.0 Å². The predicted molar refractivity (Wildman–Crippen MR) is 467 cm³/mol. The molecule has 6 aliphatic heterocycles. The van der Waals surface area contributed by atoms with Crippen LogP contribution in [0.5, 0.6) is 0 Å². The van der Waals surface area contributed by atoms with Crippen molar-refractivity contribution in [3.63, 3.8) is 0 Å². The standard InChI is InChI=1S/2C48H82O18/c1-21(2)11-10-14-48(9,66-42-38(60)35(57)32(54)26(19-49)63-42)23-12-16-46(7)30(23)24(51)17-28-45(6)15-13-29(52)44(4,5)40(45)25(18-47(28,46)8)62-43-39(36(58)33(55)27(20-50)64-43)65-41-37(59)34(56)31(53)22(3)61-41;1-22(2)10-9-14-48(8,66-42-39(60)36(57)33(54)26(20-50)62-42)23-11-16-47(7)31(23)24(52)18-29-45(5)15-13-30(44(3,4)28(45)12-17-46(29,47)6)64-43-40(37(58)34(55)27(21-51)63-43)65-41-38(59)35(56)32(53)25(19-49)61-41/h11,22-43,49-60H,10,12-20H2,1-9H3;10,23-43,49-60H,9,11-21H2,1-8H3/t22?,23-,24+,25-,26?,27?,28+,29-,30-,31?,32?,33?,34?,35?,36?,37?,38?,39?,40-,41?,42?,43?,45+,46+,47+,48-;23-,24+,25?,26?,27?,28-,29+,30-,31-,32?,33?,34?,35?,36?,37?,38?,39?,40?,41?,42?,43?,45-,46+,47+,48-/m00/s1. The molecule has 8 saturated carbocycles. The molecule has 14 rings (SSSR count). The number of allylic oxidation sites excluding steroid dienone is 4. The molecule has 764 valence electrons. The zero-order chi connectivity index (χ0) is 97.4. The van der Waals surface area contributed by atoms with E-state index >= 15 is 0 Å². The summed E-state index contributed by atoms with van der Waals surface area (Å²) in [6.07, 6.45) is -33.7. The lowest BCUT2D eigenvalue weighted by atomic mass is 9.34. The average Bonchev–Trinajstić information content (AvgIpc) is 1.32. The third-order valence-corrected chi connectivity index (χ3v) is 37.5. The molecule has 6 saturated heterocycles. The van der Waals surface area contributed by atoms with Crippen LogP contribution in [-0.4, -0.2) is 382 Å². The first-order valence-electron chi connectivity index (χ1n) is 48.7. The number of hydrogen-bond acceptors (Lipinski definition) is 36. The molecule has 0 radical (unpaired) electrons. The van der Waals surface area contributed by atoms with Gasteiger partial charge in [0.15, 0.2) is 37.7 Å². The maximum Gasteiger partial charge on any atom is 0.187 e. The predicted octanol–water partition coefficient (Wildman–Crippen LogP) is -0.0552. The molecule has 0 spiro atoms. The normalized spacial score (nSPS) is 53.0. The Morgan fingerprint density at radius 2 is 0.705 bits per heavy atom. The Morgan fingerprint density at radius 3 is 1.13 bits per heavy atom. The molecule has 0 aromatic heterocycles. The van der Waals surface area contributed by atoms with Gasteiger partial charge < -0.3 is 179 Å². The Hall–Kier alpha value is -1.96. The van der Waals surface area contributed by atoms with E-state index in [9.17, 15) is 123 Å². The number of aliphatic hydroxyl groups is 24. The van der Waals surface area contributed by atoms with Crippen LogP contribution in [0.3, 0.4) is 0 Å². The zero-order valence-corrected chi connectivity index (χ0v) is 80.2. The van der Waals surface area contributed by atoms with E-state index in [1.807, 2.05) is 55.4 Å². The molecule has 0 bridgehead atoms. The van der Waals surface area contributed by atoms with Crippen LogP contribution in [0.15, 0.2) is 23.3 Å². The second kappa shape index (κ2) is 40.3. The molecular weight excluding hydrogens is 1730 g/mol. The number of ether oxygens (including phenoxy) is 12. The monoisotopic (exact) mass is 1890 g/mol. The summed E-state index contributed by atoms with van der Waals surface area (Å²) in [7, 11) is 0. The summed E-state index contributed by atoms with van der Waals surface area (Å²) < 4.78 is 75.3. The fraction of sp³-hybridized carbons (Fsp3) is 0.958. The first kappa shape index (κ1) is 107. The van der Waals surface area contributed by atoms with Crippen molar-refractivity contribution in [3.05, 3.63) is 23.3 Å². The molecule has 30 unspecified atom stereocenters. The van der Waals surface area contributed by atoms with Gasteiger partial charge in [-0.1, -0.05) is 92.5 Å². The fourth-order valence-electron chi connectivity index (χ4n) is 29.7. The highest BCUT2D eigenvalue weighted by molar-refractivity contribution is 5.25. The van der Waals surface area contributed by atoms with Crippen LogP contribution in [0.1, 0.15) is 227 Å². The SMILES string of the molecule is CC(C)=CCC[C@](C)(OC1OC(CO)C(O)C(O)C1O)[C@H]1CC[C@]2(C)[C@@H]1[C@H](O)C[C@@H]1[C@@]3(C)CC[C@H](O)C(C)(C)[C@@H]3[C@@H](OC3OC(CO)C(O)C(O)C3OC3OC(C)C(O)C(O)C3O)C[C@]12C.CC(C)=CCC[C@](C)(OC1OC(CO)C(O)C(O)C1O)[C@H]1CC[C@]2(C)[C@@H]1[C@H](O)C[C@@H]1[C@@]3(C)CC[C@H](OC4OC(CO)C(O)C(O)C4OC4OC(CO)C(O)C(O)C4O)C(C)(C)[C@@H]3CC[C@]12C. The van der Waals surface area contributed by atoms with Gasteiger partial charge in [0.05, 0.1) is 80.9 Å². The Morgan fingerprint density at radius 1 is 0.348 bits per heavy atom. The van der Waals surface area contributed by atoms with Gasteiger partial charge in [-0.05, 0) is 248 Å². The zero-order valence-electron chi connectivity index (χ0n) is 80.2. The second-order valence-electron chi connectivity index (χ2n) is 45.9. The van der Waals surface area contributed by atoms with Gasteiger partial charge in [0, 0.05) is 0 Å². The molecule has 14 fully saturated rings. The van der Waals surface area contributed by atoms with Gasteiger partial charge in [-0.3, -0.25) is 0 Å². The van der Waals surface area contributed by atoms with E-state index in [0.717, 1.165) is 43.3 Å². The quantitative estimate of drug-likeness (QED) is 0.0421. The third-order valence-electron chi connectivity index (χ3n) is 37.5. The van der Waals surface area contributed by atoms with E-state index in [-0.39, 0.29) is 63.6 Å². The third kappa shape index (κ3) is 18.6. The topological polar surface area (TPSA) is 596 Å². The number of aliphatic hydroxyl groups excluding tert-OH is 24. The Bertz CT molecular complexity index is 3850. The smallest absolute Gasteiger partial charge is 0.187 e. The molecular formula is C96H164O36. The van der Waals surface area contributed by atoms with Gasteiger partial charge in [0.1, 0.15) is 140 Å². The fourth-order valence-corrected chi connectivity index (χ4v) is 29.7. The van der Waals surface area contributed by atoms with Gasteiger partial charge in [-0.15, -0.1) is 0 Å². The second-order valence-corrected chi connectivity index (χ2v) is 45.9. The first-order valence-corrected chi connectivity index (χ1v) is 48.7. The summed E-state index contributed by atoms with van der Waals surface area (Å²) in [4.78, 5) is 0. The summed E-state index contributed by atoms with van der Waals surface area (Å²) in [5.74, 6) is -1.27. The Kier molecular flexibility index (Phi) is 32.8. The minimum atomic E-state index is -1.79. The van der Waals surface area contributed by atoms with Gasteiger partial charge in [-0.2, -0.15) is 0 Å². The summed E-state index contributed by atoms with van der Waals surface area (Å²) in [6.45, 7) is 32.3. The molecule has 36 nitrogen and oxygen atoms in total. The highest BCUT2D eigenvalue weighted by Crippen LogP contribution is 2.79. The molecule has 6 heterocycles. The van der Waals surface area contributed by atoms with Crippen LogP contribution in [0.4, 0.5) is 0 Å². The lowest BCUT2D eigenvalue weighted by molar-refractivity contribution is -0.382. The molecule has 24 N–H and O–H groups in total. The van der Waals surface area contributed by atoms with Crippen LogP contribution in [0, 0.1) is 90.7 Å². The largest absolute Gasteiger partial charge is 0.394 e. The number of fused-ring (bicyclic) bond motifs is 10. The molecule has 0 aromatic rings. The van der Waals surface area contributed by atoms with Crippen molar-refractivity contribution in [2.75, 3.05) is 33.0 Å². The van der Waals surface area contributed by atoms with Crippen molar-refractivity contribution in [2.24, 2.45) is 90.7 Å². The molecule has 0 amide bonds. The van der Waals surface area contributed by atoms with Crippen LogP contribution in [0.2, 0.25) is 0 Å². The van der Waals surface area contributed by atoms with Crippen LogP contribution in [-0.2, 0) is 56.8 Å². The van der Waals surface area contributed by atoms with Crippen molar-refractivity contribution in [2.45, 2.75) is 453 Å². The van der Waals surface area contributed by atoms with E-state index in [1.54, 1.807) is 0 Å². The van der Waals surface area contributed by atoms with Crippen molar-refractivity contribution < 1.29 is 179 Å². The van der Waals surface area contributed by atoms with Crippen molar-refractivity contribution in [1.82, 2.24) is 0 Å². The van der Waals surface area contributed by atoms with E-state index in [4.69, 9.17) is 56.8 Å². The van der Waals surface area contributed by atoms with Gasteiger partial charge in [0.25, 0.3) is 0 Å². The van der Waals surface area contributed by atoms with Crippen molar-refractivity contribution in [1.29, 1.82) is 0 Å². The Labute approximate surface area is 775 Å². The molecule has 36 heteroatoms. The van der Waals surface area contributed by atoms with Crippen LogP contribution >= 0.6 is 0 Å². The molecule has 14 aliphatic rings. The Balaban J connectivity index is 0.000000224. The van der Waals surface area contributed by atoms with Crippen LogP contribution in [0.25, 0.3) is 0 Å². The lowest BCUT2D eigenvalue weighted by Gasteiger charge is -2.72. The van der Waals surface area contributed by atoms with Crippen LogP contribution < -0.4 is 0 Å². The highest BCUT2D eigenvalue weighted by atomic mass is 16.8. The summed E-state index contributed by atoms with van der Waals surface area (Å²) in [5.41, 5.74) is -3.55. The minimum Gasteiger partial charge on any atom is -0.394 e. The first-order chi connectivity index (χ1) is 61.6. The van der Waals surface area contributed by atoms with E-state index in [1.165, 1.54) is 6.92 Å². The molecule has 132 heavy (non-hydrogen) atoms. The maximum absolute atomic E-state index is 12.7. The molecule has 8 aliphatic carbocycles.